The fraction of sp³-hybridized carbons (Fsp3) is 0.0968. The molecule has 0 fully saturated rings. The van der Waals surface area contributed by atoms with Crippen molar-refractivity contribution >= 4 is 110 Å². The quantitative estimate of drug-likeness (QED) is 0.142. The van der Waals surface area contributed by atoms with Crippen LogP contribution in [0.25, 0.3) is 143 Å². The highest BCUT2D eigenvalue weighted by molar-refractivity contribution is 6.95. The van der Waals surface area contributed by atoms with Crippen LogP contribution >= 0.6 is 0 Å². The van der Waals surface area contributed by atoms with Crippen molar-refractivity contribution < 1.29 is 0 Å². The van der Waals surface area contributed by atoms with E-state index in [2.05, 4.69) is 357 Å². The van der Waals surface area contributed by atoms with Crippen LogP contribution in [-0.4, -0.2) is 25.0 Å². The average molecular weight is 1250 g/mol. The molecule has 0 amide bonds. The Labute approximate surface area is 569 Å². The number of aromatic nitrogens is 4. The fourth-order valence-electron chi connectivity index (χ4n) is 18.8. The molecule has 18 aromatic rings. The molecule has 0 spiro atoms. The molecule has 0 unspecified atom stereocenters. The first kappa shape index (κ1) is 55.6. The van der Waals surface area contributed by atoms with Gasteiger partial charge < -0.3 is 18.3 Å². The lowest BCUT2D eigenvalue weighted by Crippen LogP contribution is -2.52. The summed E-state index contributed by atoms with van der Waals surface area (Å²) < 4.78 is 9.93. The minimum Gasteiger partial charge on any atom is -0.309 e. The zero-order chi connectivity index (χ0) is 65.2. The van der Waals surface area contributed by atoms with Gasteiger partial charge in [0.05, 0.1) is 44.1 Å². The molecule has 4 aromatic heterocycles. The van der Waals surface area contributed by atoms with Gasteiger partial charge in [0, 0.05) is 82.1 Å². The molecule has 3 aliphatic carbocycles. The predicted octanol–water partition coefficient (Wildman–Crippen LogP) is 21.5. The van der Waals surface area contributed by atoms with Crippen molar-refractivity contribution in [3.05, 3.63) is 331 Å². The number of benzene rings is 14. The molecule has 0 atom stereocenters. The van der Waals surface area contributed by atoms with Crippen LogP contribution in [0.4, 0.5) is 0 Å². The van der Waals surface area contributed by atoms with E-state index in [4.69, 9.17) is 0 Å². The summed E-state index contributed by atoms with van der Waals surface area (Å²) in [5.41, 5.74) is 33.7. The molecule has 14 aromatic carbocycles. The molecular formula is C93H67BN4. The minimum atomic E-state index is -0.226. The molecule has 0 bridgehead atoms. The first-order chi connectivity index (χ1) is 47.9. The minimum absolute atomic E-state index is 0.0898. The van der Waals surface area contributed by atoms with Crippen molar-refractivity contribution in [3.63, 3.8) is 0 Å². The largest absolute Gasteiger partial charge is 0.309 e. The highest BCUT2D eigenvalue weighted by atomic mass is 15.0. The van der Waals surface area contributed by atoms with E-state index in [0.29, 0.717) is 0 Å². The molecule has 98 heavy (non-hydrogen) atoms. The smallest absolute Gasteiger partial charge is 0.241 e. The molecular weight excluding hydrogens is 1180 g/mol. The highest BCUT2D eigenvalue weighted by Crippen LogP contribution is 2.53. The van der Waals surface area contributed by atoms with Gasteiger partial charge in [0.25, 0.3) is 0 Å². The van der Waals surface area contributed by atoms with E-state index < -0.39 is 0 Å². The molecule has 5 heteroatoms. The molecule has 462 valence electrons. The number of nitrogens with zero attached hydrogens (tertiary/aromatic N) is 4. The average Bonchev–Trinajstić information content (AvgIpc) is 1.56. The van der Waals surface area contributed by atoms with E-state index in [9.17, 15) is 0 Å². The molecule has 0 saturated carbocycles. The second-order valence-corrected chi connectivity index (χ2v) is 29.6. The Morgan fingerprint density at radius 1 is 0.194 bits per heavy atom. The molecule has 4 heterocycles. The summed E-state index contributed by atoms with van der Waals surface area (Å²) in [5, 5.41) is 9.97. The van der Waals surface area contributed by atoms with Crippen LogP contribution in [0.1, 0.15) is 74.9 Å². The molecule has 0 saturated heterocycles. The Balaban J connectivity index is 0.746. The van der Waals surface area contributed by atoms with Gasteiger partial charge in [-0.3, -0.25) is 0 Å². The summed E-state index contributed by atoms with van der Waals surface area (Å²) >= 11 is 0. The fourth-order valence-corrected chi connectivity index (χ4v) is 18.8. The zero-order valence-corrected chi connectivity index (χ0v) is 55.7. The first-order valence-electron chi connectivity index (χ1n) is 34.8. The van der Waals surface area contributed by atoms with Crippen LogP contribution in [0.15, 0.2) is 297 Å². The van der Waals surface area contributed by atoms with Gasteiger partial charge in [0.2, 0.25) is 6.71 Å². The van der Waals surface area contributed by atoms with Crippen molar-refractivity contribution in [1.82, 2.24) is 18.3 Å². The lowest BCUT2D eigenvalue weighted by Gasteiger charge is -2.24. The van der Waals surface area contributed by atoms with Gasteiger partial charge in [-0.05, 0) is 164 Å². The van der Waals surface area contributed by atoms with Crippen LogP contribution in [0, 0.1) is 0 Å². The van der Waals surface area contributed by atoms with Gasteiger partial charge in [-0.25, -0.2) is 0 Å². The Kier molecular flexibility index (Phi) is 11.2. The Hall–Kier alpha value is -11.7. The number of para-hydroxylation sites is 6. The number of hydrogen-bond acceptors (Lipinski definition) is 0. The maximum Gasteiger partial charge on any atom is 0.241 e. The first-order valence-corrected chi connectivity index (χ1v) is 34.8. The van der Waals surface area contributed by atoms with E-state index in [-0.39, 0.29) is 23.0 Å². The lowest BCUT2D eigenvalue weighted by atomic mass is 9.36. The van der Waals surface area contributed by atoms with Gasteiger partial charge >= 0.3 is 0 Å². The van der Waals surface area contributed by atoms with Crippen LogP contribution in [0.2, 0.25) is 0 Å². The lowest BCUT2D eigenvalue weighted by molar-refractivity contribution is 0.660. The SMILES string of the molecule is CC1(C)c2ccccc2-c2cc(B(c3ccc4c(c3)-c3cc(-n5c6ccccc6c6cc7c(cc65)c5ccccc5n7-c5ccccc5)ccc3C4(C)C)c3ccc4c(c3)-c3cc(-n5c6ccccc6c6cc7c(cc65)c5ccccc5n7-c5ccccc5)ccc3C4(C)C)ccc21. The molecule has 3 aliphatic rings. The summed E-state index contributed by atoms with van der Waals surface area (Å²) in [6.07, 6.45) is 0. The van der Waals surface area contributed by atoms with Gasteiger partial charge in [-0.2, -0.15) is 0 Å². The van der Waals surface area contributed by atoms with Gasteiger partial charge in [0.15, 0.2) is 0 Å². The standard InChI is InChI=1S/C93H67BN4/c1-91(2)77-32-18-13-27-63(77)68-47-56(37-42-78(68)91)94(57-38-43-79-69(48-57)71-50-61(40-45-81(71)92(79,3)4)97-85-35-21-16-30-66(85)75-52-87-73(54-89(75)97)64-28-14-19-33-83(64)95(87)59-23-9-7-10-24-59)58-39-44-80-70(49-58)72-51-62(41-46-82(72)93(80,5)6)98-86-36-22-17-31-67(86)76-53-88-74(55-90(76)98)65-29-15-20-34-84(65)96(88)60-25-11-8-12-26-60/h7-55H,1-6H3. The highest BCUT2D eigenvalue weighted by Gasteiger charge is 2.41. The molecule has 4 nitrogen and oxygen atoms in total. The number of rotatable bonds is 7. The predicted molar refractivity (Wildman–Crippen MR) is 414 cm³/mol. The van der Waals surface area contributed by atoms with Crippen molar-refractivity contribution in [1.29, 1.82) is 0 Å². The number of fused-ring (bicyclic) bond motifs is 21. The van der Waals surface area contributed by atoms with Crippen molar-refractivity contribution in [3.8, 4) is 56.1 Å². The van der Waals surface area contributed by atoms with Crippen LogP contribution in [0.3, 0.4) is 0 Å². The molecule has 0 aliphatic heterocycles. The van der Waals surface area contributed by atoms with Crippen LogP contribution in [0.5, 0.6) is 0 Å². The van der Waals surface area contributed by atoms with Crippen molar-refractivity contribution in [2.45, 2.75) is 57.8 Å². The van der Waals surface area contributed by atoms with E-state index in [1.807, 2.05) is 0 Å². The second kappa shape index (κ2) is 19.7. The van der Waals surface area contributed by atoms with Crippen molar-refractivity contribution in [2.24, 2.45) is 0 Å². The summed E-state index contributed by atoms with van der Waals surface area (Å²) in [7, 11) is 0. The third-order valence-electron chi connectivity index (χ3n) is 23.5. The van der Waals surface area contributed by atoms with E-state index in [1.165, 1.54) is 170 Å². The summed E-state index contributed by atoms with van der Waals surface area (Å²) in [4.78, 5) is 0. The summed E-state index contributed by atoms with van der Waals surface area (Å²) in [6, 6.07) is 113. The van der Waals surface area contributed by atoms with E-state index >= 15 is 0 Å². The molecule has 21 rings (SSSR count). The van der Waals surface area contributed by atoms with E-state index in [0.717, 1.165) is 22.7 Å². The zero-order valence-electron chi connectivity index (χ0n) is 55.7. The van der Waals surface area contributed by atoms with Gasteiger partial charge in [-0.1, -0.05) is 258 Å². The van der Waals surface area contributed by atoms with Gasteiger partial charge in [-0.15, -0.1) is 0 Å². The third kappa shape index (κ3) is 7.45. The van der Waals surface area contributed by atoms with Crippen LogP contribution < -0.4 is 16.4 Å². The second-order valence-electron chi connectivity index (χ2n) is 29.6. The Morgan fingerprint density at radius 2 is 0.459 bits per heavy atom. The maximum absolute atomic E-state index is 2.58. The Morgan fingerprint density at radius 3 is 0.816 bits per heavy atom. The molecule has 0 radical (unpaired) electrons. The van der Waals surface area contributed by atoms with Crippen molar-refractivity contribution in [2.75, 3.05) is 0 Å². The topological polar surface area (TPSA) is 19.7 Å². The Bertz CT molecular complexity index is 6180. The normalized spacial score (nSPS) is 14.5. The van der Waals surface area contributed by atoms with Crippen LogP contribution in [-0.2, 0) is 16.2 Å². The molecule has 0 N–H and O–H groups in total. The maximum atomic E-state index is 2.58. The monoisotopic (exact) mass is 1250 g/mol. The third-order valence-corrected chi connectivity index (χ3v) is 23.5. The van der Waals surface area contributed by atoms with E-state index in [1.54, 1.807) is 0 Å². The summed E-state index contributed by atoms with van der Waals surface area (Å²) in [6.45, 7) is 14.4. The summed E-state index contributed by atoms with van der Waals surface area (Å²) in [5.74, 6) is 0. The number of hydrogen-bond donors (Lipinski definition) is 0. The van der Waals surface area contributed by atoms with Gasteiger partial charge in [0.1, 0.15) is 0 Å².